The molecule has 1 aromatic heterocycles. The van der Waals surface area contributed by atoms with Gasteiger partial charge in [-0.25, -0.2) is 4.79 Å². The van der Waals surface area contributed by atoms with E-state index in [-0.39, 0.29) is 23.5 Å². The highest BCUT2D eigenvalue weighted by atomic mass is 16.6. The first-order valence-corrected chi connectivity index (χ1v) is 9.50. The van der Waals surface area contributed by atoms with E-state index in [1.165, 1.54) is 0 Å². The average Bonchev–Trinajstić information content (AvgIpc) is 2.71. The van der Waals surface area contributed by atoms with Gasteiger partial charge in [0.1, 0.15) is 12.2 Å². The first kappa shape index (κ1) is 20.6. The molecule has 0 amide bonds. The van der Waals surface area contributed by atoms with Crippen LogP contribution in [0.15, 0.2) is 51.7 Å². The Morgan fingerprint density at radius 3 is 2.45 bits per heavy atom. The van der Waals surface area contributed by atoms with Gasteiger partial charge in [-0.05, 0) is 38.5 Å². The van der Waals surface area contributed by atoms with E-state index in [2.05, 4.69) is 0 Å². The molecular weight excluding hydrogens is 372 g/mol. The van der Waals surface area contributed by atoms with Gasteiger partial charge in [0, 0.05) is 12.2 Å². The zero-order valence-electron chi connectivity index (χ0n) is 16.8. The predicted octanol–water partition coefficient (Wildman–Crippen LogP) is 4.04. The quantitative estimate of drug-likeness (QED) is 0.423. The van der Waals surface area contributed by atoms with Gasteiger partial charge in [-0.1, -0.05) is 35.9 Å². The third kappa shape index (κ3) is 5.03. The molecule has 152 valence electrons. The molecule has 0 spiro atoms. The standard InChI is InChI=1S/C23H24O6/c1-4-26-11-12-27-20(24)14-28-23-21(25)18-10-7-16(3)13-19(18)29-22(23)17-8-5-15(2)6-9-17/h5-10,13H,4,11-12,14H2,1-3H3. The Morgan fingerprint density at radius 2 is 1.72 bits per heavy atom. The second-order valence-corrected chi connectivity index (χ2v) is 6.66. The summed E-state index contributed by atoms with van der Waals surface area (Å²) in [6, 6.07) is 12.9. The number of ether oxygens (including phenoxy) is 3. The van der Waals surface area contributed by atoms with Crippen LogP contribution in [0, 0.1) is 13.8 Å². The Kier molecular flexibility index (Phi) is 6.67. The normalized spacial score (nSPS) is 10.9. The van der Waals surface area contributed by atoms with Gasteiger partial charge in [0.05, 0.1) is 12.0 Å². The van der Waals surface area contributed by atoms with Crippen molar-refractivity contribution in [2.24, 2.45) is 0 Å². The Balaban J connectivity index is 1.93. The monoisotopic (exact) mass is 396 g/mol. The lowest BCUT2D eigenvalue weighted by molar-refractivity contribution is -0.147. The first-order chi connectivity index (χ1) is 14.0. The van der Waals surface area contributed by atoms with Crippen molar-refractivity contribution in [2.45, 2.75) is 20.8 Å². The smallest absolute Gasteiger partial charge is 0.344 e. The molecule has 2 aromatic carbocycles. The average molecular weight is 396 g/mol. The second kappa shape index (κ2) is 9.39. The van der Waals surface area contributed by atoms with Crippen molar-refractivity contribution in [3.63, 3.8) is 0 Å². The molecule has 6 heteroatoms. The molecule has 0 saturated heterocycles. The maximum Gasteiger partial charge on any atom is 0.344 e. The lowest BCUT2D eigenvalue weighted by Gasteiger charge is -2.12. The Hall–Kier alpha value is -3.12. The fraction of sp³-hybridized carbons (Fsp3) is 0.304. The van der Waals surface area contributed by atoms with E-state index in [0.717, 1.165) is 11.1 Å². The number of rotatable bonds is 8. The summed E-state index contributed by atoms with van der Waals surface area (Å²) in [5, 5.41) is 0.395. The molecule has 0 radical (unpaired) electrons. The second-order valence-electron chi connectivity index (χ2n) is 6.66. The lowest BCUT2D eigenvalue weighted by atomic mass is 10.1. The number of carbonyl (C=O) groups excluding carboxylic acids is 1. The number of fused-ring (bicyclic) bond motifs is 1. The van der Waals surface area contributed by atoms with Gasteiger partial charge in [-0.2, -0.15) is 0 Å². The van der Waals surface area contributed by atoms with Crippen LogP contribution in [0.3, 0.4) is 0 Å². The zero-order chi connectivity index (χ0) is 20.8. The summed E-state index contributed by atoms with van der Waals surface area (Å²) in [5.41, 5.74) is 2.88. The molecule has 0 saturated carbocycles. The zero-order valence-corrected chi connectivity index (χ0v) is 16.8. The largest absolute Gasteiger partial charge is 0.474 e. The van der Waals surface area contributed by atoms with Gasteiger partial charge in [0.25, 0.3) is 0 Å². The van der Waals surface area contributed by atoms with Crippen molar-refractivity contribution in [3.05, 3.63) is 63.8 Å². The van der Waals surface area contributed by atoms with Crippen molar-refractivity contribution in [1.29, 1.82) is 0 Å². The van der Waals surface area contributed by atoms with E-state index in [4.69, 9.17) is 18.6 Å². The first-order valence-electron chi connectivity index (χ1n) is 9.50. The van der Waals surface area contributed by atoms with Crippen molar-refractivity contribution >= 4 is 16.9 Å². The fourth-order valence-corrected chi connectivity index (χ4v) is 2.84. The molecule has 0 fully saturated rings. The predicted molar refractivity (Wildman–Crippen MR) is 110 cm³/mol. The van der Waals surface area contributed by atoms with E-state index in [1.54, 1.807) is 12.1 Å². The summed E-state index contributed by atoms with van der Waals surface area (Å²) >= 11 is 0. The van der Waals surface area contributed by atoms with E-state index in [1.807, 2.05) is 51.1 Å². The minimum absolute atomic E-state index is 0.00744. The molecule has 0 bridgehead atoms. The molecule has 0 aliphatic carbocycles. The molecule has 0 N–H and O–H groups in total. The fourth-order valence-electron chi connectivity index (χ4n) is 2.84. The van der Waals surface area contributed by atoms with Gasteiger partial charge >= 0.3 is 5.97 Å². The van der Waals surface area contributed by atoms with Gasteiger partial charge in [0.15, 0.2) is 12.4 Å². The summed E-state index contributed by atoms with van der Waals surface area (Å²) in [6.45, 7) is 6.35. The van der Waals surface area contributed by atoms with Crippen LogP contribution in [0.25, 0.3) is 22.3 Å². The highest BCUT2D eigenvalue weighted by molar-refractivity contribution is 5.83. The SMILES string of the molecule is CCOCCOC(=O)COc1c(-c2ccc(C)cc2)oc2cc(C)ccc2c1=O. The molecule has 3 aromatic rings. The van der Waals surface area contributed by atoms with Crippen molar-refractivity contribution in [2.75, 3.05) is 26.4 Å². The summed E-state index contributed by atoms with van der Waals surface area (Å²) in [7, 11) is 0. The van der Waals surface area contributed by atoms with Crippen LogP contribution in [-0.4, -0.2) is 32.4 Å². The van der Waals surface area contributed by atoms with E-state index in [9.17, 15) is 9.59 Å². The van der Waals surface area contributed by atoms with E-state index < -0.39 is 12.6 Å². The van der Waals surface area contributed by atoms with Crippen LogP contribution >= 0.6 is 0 Å². The number of carbonyl (C=O) groups is 1. The van der Waals surface area contributed by atoms with Crippen LogP contribution in [0.1, 0.15) is 18.1 Å². The number of esters is 1. The Bertz CT molecular complexity index is 1050. The minimum Gasteiger partial charge on any atom is -0.474 e. The molecule has 6 nitrogen and oxygen atoms in total. The van der Waals surface area contributed by atoms with Crippen molar-refractivity contribution < 1.29 is 23.4 Å². The van der Waals surface area contributed by atoms with Gasteiger partial charge in [-0.15, -0.1) is 0 Å². The number of benzene rings is 2. The maximum atomic E-state index is 13.1. The molecule has 29 heavy (non-hydrogen) atoms. The highest BCUT2D eigenvalue weighted by Gasteiger charge is 2.19. The van der Waals surface area contributed by atoms with Crippen LogP contribution in [0.5, 0.6) is 5.75 Å². The van der Waals surface area contributed by atoms with Gasteiger partial charge < -0.3 is 18.6 Å². The third-order valence-electron chi connectivity index (χ3n) is 4.35. The topological polar surface area (TPSA) is 75.0 Å². The number of aryl methyl sites for hydroxylation is 2. The van der Waals surface area contributed by atoms with Gasteiger partial charge in [0.2, 0.25) is 11.2 Å². The van der Waals surface area contributed by atoms with Crippen LogP contribution in [0.4, 0.5) is 0 Å². The van der Waals surface area contributed by atoms with Crippen molar-refractivity contribution in [1.82, 2.24) is 0 Å². The third-order valence-corrected chi connectivity index (χ3v) is 4.35. The van der Waals surface area contributed by atoms with Crippen LogP contribution < -0.4 is 10.2 Å². The van der Waals surface area contributed by atoms with Crippen molar-refractivity contribution in [3.8, 4) is 17.1 Å². The summed E-state index contributed by atoms with van der Waals surface area (Å²) < 4.78 is 21.8. The highest BCUT2D eigenvalue weighted by Crippen LogP contribution is 2.31. The molecule has 3 rings (SSSR count). The molecule has 1 heterocycles. The molecular formula is C23H24O6. The molecule has 0 aliphatic rings. The Labute approximate surface area is 169 Å². The van der Waals surface area contributed by atoms with E-state index in [0.29, 0.717) is 29.7 Å². The molecule has 0 aliphatic heterocycles. The van der Waals surface area contributed by atoms with Crippen LogP contribution in [-0.2, 0) is 14.3 Å². The summed E-state index contributed by atoms with van der Waals surface area (Å²) in [4.78, 5) is 25.0. The van der Waals surface area contributed by atoms with Gasteiger partial charge in [-0.3, -0.25) is 4.79 Å². The molecule has 0 unspecified atom stereocenters. The number of hydrogen-bond acceptors (Lipinski definition) is 6. The summed E-state index contributed by atoms with van der Waals surface area (Å²) in [6.07, 6.45) is 0. The maximum absolute atomic E-state index is 13.1. The Morgan fingerprint density at radius 1 is 1.00 bits per heavy atom. The minimum atomic E-state index is -0.581. The van der Waals surface area contributed by atoms with E-state index >= 15 is 0 Å². The lowest BCUT2D eigenvalue weighted by Crippen LogP contribution is -2.20. The van der Waals surface area contributed by atoms with Crippen LogP contribution in [0.2, 0.25) is 0 Å². The number of hydrogen-bond donors (Lipinski definition) is 0. The molecule has 0 atom stereocenters. The summed E-state index contributed by atoms with van der Waals surface area (Å²) in [5.74, 6) is -0.301.